The van der Waals surface area contributed by atoms with Gasteiger partial charge in [0.15, 0.2) is 10.4 Å². The number of nitrogens with zero attached hydrogens (tertiary/aromatic N) is 2. The van der Waals surface area contributed by atoms with E-state index in [2.05, 4.69) is 22.0 Å². The Morgan fingerprint density at radius 3 is 2.76 bits per heavy atom. The number of amides is 1. The lowest BCUT2D eigenvalue weighted by Gasteiger charge is -2.25. The third-order valence-corrected chi connectivity index (χ3v) is 3.48. The van der Waals surface area contributed by atoms with Crippen molar-refractivity contribution in [2.45, 2.75) is 31.7 Å². The molecule has 1 aromatic rings. The fraction of sp³-hybridized carbons (Fsp3) is 0.500. The van der Waals surface area contributed by atoms with E-state index in [1.54, 1.807) is 17.0 Å². The highest BCUT2D eigenvalue weighted by atomic mass is 79.9. The van der Waals surface area contributed by atoms with Crippen LogP contribution >= 0.6 is 15.9 Å². The van der Waals surface area contributed by atoms with Gasteiger partial charge in [0.05, 0.1) is 6.07 Å². The molecule has 0 bridgehead atoms. The SMILES string of the molecule is N#CCN(C(=O)c1ccc(Br)o1)C1CCCC1. The van der Waals surface area contributed by atoms with Crippen molar-refractivity contribution < 1.29 is 9.21 Å². The highest BCUT2D eigenvalue weighted by Gasteiger charge is 2.28. The Morgan fingerprint density at radius 1 is 1.53 bits per heavy atom. The molecule has 1 amide bonds. The minimum atomic E-state index is -0.191. The number of carbonyl (C=O) groups excluding carboxylic acids is 1. The van der Waals surface area contributed by atoms with E-state index in [0.29, 0.717) is 10.4 Å². The van der Waals surface area contributed by atoms with Crippen molar-refractivity contribution in [3.63, 3.8) is 0 Å². The minimum absolute atomic E-state index is 0.127. The normalized spacial score (nSPS) is 15.8. The number of nitriles is 1. The number of rotatable bonds is 3. The van der Waals surface area contributed by atoms with Gasteiger partial charge in [0.2, 0.25) is 0 Å². The predicted octanol–water partition coefficient (Wildman–Crippen LogP) is 2.95. The van der Waals surface area contributed by atoms with Gasteiger partial charge in [-0.3, -0.25) is 4.79 Å². The average Bonchev–Trinajstić information content (AvgIpc) is 2.95. The molecule has 1 heterocycles. The molecule has 1 fully saturated rings. The molecule has 4 nitrogen and oxygen atoms in total. The maximum absolute atomic E-state index is 12.2. The maximum atomic E-state index is 12.2. The van der Waals surface area contributed by atoms with Gasteiger partial charge >= 0.3 is 0 Å². The first-order valence-electron chi connectivity index (χ1n) is 5.65. The van der Waals surface area contributed by atoms with Crippen LogP contribution < -0.4 is 0 Å². The van der Waals surface area contributed by atoms with E-state index in [4.69, 9.17) is 9.68 Å². The average molecular weight is 297 g/mol. The van der Waals surface area contributed by atoms with E-state index in [1.807, 2.05) is 0 Å². The number of carbonyl (C=O) groups is 1. The summed E-state index contributed by atoms with van der Waals surface area (Å²) in [5, 5.41) is 8.81. The number of hydrogen-bond acceptors (Lipinski definition) is 3. The summed E-state index contributed by atoms with van der Waals surface area (Å²) in [4.78, 5) is 13.8. The van der Waals surface area contributed by atoms with Gasteiger partial charge in [-0.05, 0) is 40.9 Å². The van der Waals surface area contributed by atoms with Crippen LogP contribution in [0.4, 0.5) is 0 Å². The van der Waals surface area contributed by atoms with E-state index in [0.717, 1.165) is 25.7 Å². The molecule has 2 rings (SSSR count). The molecule has 0 aliphatic heterocycles. The first-order valence-corrected chi connectivity index (χ1v) is 6.45. The Hall–Kier alpha value is -1.28. The van der Waals surface area contributed by atoms with Gasteiger partial charge in [0.1, 0.15) is 6.54 Å². The Bertz CT molecular complexity index is 444. The van der Waals surface area contributed by atoms with Crippen LogP contribution in [0.15, 0.2) is 21.2 Å². The molecule has 0 N–H and O–H groups in total. The van der Waals surface area contributed by atoms with Crippen molar-refractivity contribution in [1.82, 2.24) is 4.90 Å². The number of hydrogen-bond donors (Lipinski definition) is 0. The molecule has 0 atom stereocenters. The first kappa shape index (κ1) is 12.2. The van der Waals surface area contributed by atoms with Crippen molar-refractivity contribution >= 4 is 21.8 Å². The van der Waals surface area contributed by atoms with Crippen LogP contribution in [0.5, 0.6) is 0 Å². The molecule has 0 radical (unpaired) electrons. The van der Waals surface area contributed by atoms with Gasteiger partial charge in [-0.2, -0.15) is 5.26 Å². The Labute approximate surface area is 108 Å². The monoisotopic (exact) mass is 296 g/mol. The second kappa shape index (κ2) is 5.37. The van der Waals surface area contributed by atoms with Gasteiger partial charge in [-0.25, -0.2) is 0 Å². The first-order chi connectivity index (χ1) is 8.22. The second-order valence-corrected chi connectivity index (χ2v) is 4.91. The molecular weight excluding hydrogens is 284 g/mol. The molecule has 0 saturated heterocycles. The predicted molar refractivity (Wildman–Crippen MR) is 65.3 cm³/mol. The molecule has 1 aliphatic carbocycles. The van der Waals surface area contributed by atoms with Gasteiger partial charge in [-0.1, -0.05) is 12.8 Å². The van der Waals surface area contributed by atoms with Crippen molar-refractivity contribution in [2.24, 2.45) is 0 Å². The highest BCUT2D eigenvalue weighted by molar-refractivity contribution is 9.10. The van der Waals surface area contributed by atoms with Crippen molar-refractivity contribution in [3.05, 3.63) is 22.6 Å². The summed E-state index contributed by atoms with van der Waals surface area (Å²) >= 11 is 3.17. The van der Waals surface area contributed by atoms with E-state index in [1.165, 1.54) is 0 Å². The third-order valence-electron chi connectivity index (χ3n) is 3.05. The van der Waals surface area contributed by atoms with Crippen LogP contribution in [-0.2, 0) is 0 Å². The van der Waals surface area contributed by atoms with Crippen LogP contribution in [0, 0.1) is 11.3 Å². The molecule has 17 heavy (non-hydrogen) atoms. The molecule has 0 unspecified atom stereocenters. The molecule has 5 heteroatoms. The second-order valence-electron chi connectivity index (χ2n) is 4.13. The topological polar surface area (TPSA) is 57.2 Å². The molecule has 90 valence electrons. The molecular formula is C12H13BrN2O2. The van der Waals surface area contributed by atoms with E-state index in [-0.39, 0.29) is 18.5 Å². The van der Waals surface area contributed by atoms with Crippen LogP contribution in [0.2, 0.25) is 0 Å². The summed E-state index contributed by atoms with van der Waals surface area (Å²) in [6, 6.07) is 5.56. The molecule has 1 aliphatic rings. The molecule has 0 aromatic carbocycles. The Balaban J connectivity index is 2.15. The summed E-state index contributed by atoms with van der Waals surface area (Å²) in [5.41, 5.74) is 0. The Kier molecular flexibility index (Phi) is 3.85. The van der Waals surface area contributed by atoms with Crippen LogP contribution in [-0.4, -0.2) is 23.4 Å². The van der Waals surface area contributed by atoms with Crippen LogP contribution in [0.25, 0.3) is 0 Å². The summed E-state index contributed by atoms with van der Waals surface area (Å²) < 4.78 is 5.78. The minimum Gasteiger partial charge on any atom is -0.444 e. The molecule has 1 saturated carbocycles. The summed E-state index contributed by atoms with van der Waals surface area (Å²) in [7, 11) is 0. The van der Waals surface area contributed by atoms with Crippen LogP contribution in [0.1, 0.15) is 36.2 Å². The maximum Gasteiger partial charge on any atom is 0.290 e. The van der Waals surface area contributed by atoms with Crippen LogP contribution in [0.3, 0.4) is 0 Å². The zero-order valence-corrected chi connectivity index (χ0v) is 10.9. The zero-order chi connectivity index (χ0) is 12.3. The molecule has 0 spiro atoms. The largest absolute Gasteiger partial charge is 0.444 e. The third kappa shape index (κ3) is 2.70. The van der Waals surface area contributed by atoms with Crippen molar-refractivity contribution in [1.29, 1.82) is 5.26 Å². The van der Waals surface area contributed by atoms with E-state index < -0.39 is 0 Å². The lowest BCUT2D eigenvalue weighted by Crippen LogP contribution is -2.38. The highest BCUT2D eigenvalue weighted by Crippen LogP contribution is 2.25. The summed E-state index contributed by atoms with van der Waals surface area (Å²) in [5.74, 6) is 0.100. The number of furan rings is 1. The van der Waals surface area contributed by atoms with Gasteiger partial charge < -0.3 is 9.32 Å². The lowest BCUT2D eigenvalue weighted by molar-refractivity contribution is 0.0675. The summed E-state index contributed by atoms with van der Waals surface area (Å²) in [6.45, 7) is 0.127. The zero-order valence-electron chi connectivity index (χ0n) is 9.36. The van der Waals surface area contributed by atoms with Gasteiger partial charge in [-0.15, -0.1) is 0 Å². The smallest absolute Gasteiger partial charge is 0.290 e. The van der Waals surface area contributed by atoms with E-state index >= 15 is 0 Å². The lowest BCUT2D eigenvalue weighted by atomic mass is 10.2. The van der Waals surface area contributed by atoms with E-state index in [9.17, 15) is 4.79 Å². The van der Waals surface area contributed by atoms with Gasteiger partial charge in [0, 0.05) is 6.04 Å². The van der Waals surface area contributed by atoms with Crippen molar-refractivity contribution in [3.8, 4) is 6.07 Å². The standard InChI is InChI=1S/C12H13BrN2O2/c13-11-6-5-10(17-11)12(16)15(8-7-14)9-3-1-2-4-9/h5-6,9H,1-4,8H2. The quantitative estimate of drug-likeness (QED) is 0.806. The number of halogens is 1. The summed E-state index contributed by atoms with van der Waals surface area (Å²) in [6.07, 6.45) is 4.22. The van der Waals surface area contributed by atoms with Crippen molar-refractivity contribution in [2.75, 3.05) is 6.54 Å². The fourth-order valence-electron chi connectivity index (χ4n) is 2.23. The van der Waals surface area contributed by atoms with Gasteiger partial charge in [0.25, 0.3) is 5.91 Å². The molecule has 1 aromatic heterocycles. The fourth-order valence-corrected chi connectivity index (χ4v) is 2.54. The Morgan fingerprint density at radius 2 is 2.24 bits per heavy atom.